The molecule has 1 aromatic carbocycles. The van der Waals surface area contributed by atoms with Crippen LogP contribution in [0.25, 0.3) is 0 Å². The van der Waals surface area contributed by atoms with Crippen LogP contribution in [0.3, 0.4) is 0 Å². The van der Waals surface area contributed by atoms with Gasteiger partial charge in [-0.15, -0.1) is 10.2 Å². The van der Waals surface area contributed by atoms with Gasteiger partial charge in [-0.2, -0.15) is 0 Å². The number of benzene rings is 1. The van der Waals surface area contributed by atoms with Crippen LogP contribution in [0, 0.1) is 0 Å². The van der Waals surface area contributed by atoms with E-state index in [2.05, 4.69) is 15.5 Å². The fourth-order valence-electron chi connectivity index (χ4n) is 1.71. The van der Waals surface area contributed by atoms with Crippen LogP contribution < -0.4 is 11.1 Å². The predicted molar refractivity (Wildman–Crippen MR) is 67.7 cm³/mol. The number of aryl methyl sites for hydroxylation is 1. The van der Waals surface area contributed by atoms with E-state index in [1.807, 2.05) is 14.0 Å². The molecular formula is C12H15N5O. The first kappa shape index (κ1) is 12.1. The number of aromatic nitrogens is 3. The number of carbonyl (C=O) groups excluding carboxylic acids is 1. The molecule has 6 nitrogen and oxygen atoms in total. The van der Waals surface area contributed by atoms with Gasteiger partial charge in [-0.05, 0) is 25.1 Å². The summed E-state index contributed by atoms with van der Waals surface area (Å²) < 4.78 is 1.77. The van der Waals surface area contributed by atoms with Crippen molar-refractivity contribution < 1.29 is 4.79 Å². The summed E-state index contributed by atoms with van der Waals surface area (Å²) in [4.78, 5) is 12.0. The third-order valence-corrected chi connectivity index (χ3v) is 2.63. The van der Waals surface area contributed by atoms with Crippen molar-refractivity contribution in [3.05, 3.63) is 42.0 Å². The van der Waals surface area contributed by atoms with Crippen LogP contribution in [-0.4, -0.2) is 20.7 Å². The summed E-state index contributed by atoms with van der Waals surface area (Å²) in [7, 11) is 1.83. The summed E-state index contributed by atoms with van der Waals surface area (Å²) in [6, 6.07) is 6.62. The minimum Gasteiger partial charge on any atom is -0.399 e. The van der Waals surface area contributed by atoms with Crippen molar-refractivity contribution >= 4 is 11.6 Å². The second-order valence-corrected chi connectivity index (χ2v) is 4.12. The Balaban J connectivity index is 2.10. The summed E-state index contributed by atoms with van der Waals surface area (Å²) in [5, 5.41) is 10.6. The molecule has 0 aliphatic rings. The quantitative estimate of drug-likeness (QED) is 0.786. The molecule has 2 rings (SSSR count). The molecule has 0 radical (unpaired) electrons. The fourth-order valence-corrected chi connectivity index (χ4v) is 1.71. The molecule has 1 heterocycles. The summed E-state index contributed by atoms with van der Waals surface area (Å²) in [6.45, 7) is 1.86. The maximum absolute atomic E-state index is 12.0. The second kappa shape index (κ2) is 4.87. The molecule has 1 aromatic heterocycles. The van der Waals surface area contributed by atoms with E-state index < -0.39 is 0 Å². The van der Waals surface area contributed by atoms with Gasteiger partial charge in [0.2, 0.25) is 0 Å². The minimum absolute atomic E-state index is 0.183. The van der Waals surface area contributed by atoms with Crippen molar-refractivity contribution in [2.45, 2.75) is 13.0 Å². The molecular weight excluding hydrogens is 230 g/mol. The Kier molecular flexibility index (Phi) is 3.27. The van der Waals surface area contributed by atoms with E-state index in [0.29, 0.717) is 17.1 Å². The van der Waals surface area contributed by atoms with Crippen molar-refractivity contribution in [3.8, 4) is 0 Å². The Bertz CT molecular complexity index is 563. The van der Waals surface area contributed by atoms with Gasteiger partial charge in [0.05, 0.1) is 6.04 Å². The SMILES string of the molecule is CC(NC(=O)c1cccc(N)c1)c1nncn1C. The molecule has 3 N–H and O–H groups in total. The number of amides is 1. The van der Waals surface area contributed by atoms with Gasteiger partial charge >= 0.3 is 0 Å². The number of rotatable bonds is 3. The lowest BCUT2D eigenvalue weighted by Crippen LogP contribution is -2.28. The Labute approximate surface area is 105 Å². The number of nitrogen functional groups attached to an aromatic ring is 1. The van der Waals surface area contributed by atoms with Crippen molar-refractivity contribution in [1.82, 2.24) is 20.1 Å². The molecule has 0 aliphatic carbocycles. The highest BCUT2D eigenvalue weighted by Gasteiger charge is 2.15. The standard InChI is InChI=1S/C12H15N5O/c1-8(11-16-14-7-17(11)2)15-12(18)9-4-3-5-10(13)6-9/h3-8H,13H2,1-2H3,(H,15,18). The van der Waals surface area contributed by atoms with Gasteiger partial charge in [0.25, 0.3) is 5.91 Å². The van der Waals surface area contributed by atoms with Crippen molar-refractivity contribution in [2.75, 3.05) is 5.73 Å². The lowest BCUT2D eigenvalue weighted by Gasteiger charge is -2.13. The monoisotopic (exact) mass is 245 g/mol. The van der Waals surface area contributed by atoms with E-state index in [1.54, 1.807) is 35.2 Å². The van der Waals surface area contributed by atoms with Gasteiger partial charge in [-0.3, -0.25) is 4.79 Å². The third kappa shape index (κ3) is 2.48. The Morgan fingerprint density at radius 3 is 2.89 bits per heavy atom. The molecule has 0 saturated heterocycles. The first-order chi connectivity index (χ1) is 8.58. The Hall–Kier alpha value is -2.37. The molecule has 1 atom stereocenters. The highest BCUT2D eigenvalue weighted by molar-refractivity contribution is 5.95. The lowest BCUT2D eigenvalue weighted by atomic mass is 10.2. The molecule has 1 unspecified atom stereocenters. The van der Waals surface area contributed by atoms with Gasteiger partial charge in [0.15, 0.2) is 5.82 Å². The molecule has 0 aliphatic heterocycles. The molecule has 0 bridgehead atoms. The molecule has 1 amide bonds. The van der Waals surface area contributed by atoms with Gasteiger partial charge in [-0.1, -0.05) is 6.07 Å². The molecule has 6 heteroatoms. The first-order valence-corrected chi connectivity index (χ1v) is 5.58. The molecule has 0 saturated carbocycles. The first-order valence-electron chi connectivity index (χ1n) is 5.58. The molecule has 2 aromatic rings. The normalized spacial score (nSPS) is 12.1. The van der Waals surface area contributed by atoms with E-state index in [1.165, 1.54) is 0 Å². The average molecular weight is 245 g/mol. The van der Waals surface area contributed by atoms with Crippen LogP contribution >= 0.6 is 0 Å². The highest BCUT2D eigenvalue weighted by atomic mass is 16.1. The van der Waals surface area contributed by atoms with Crippen molar-refractivity contribution in [3.63, 3.8) is 0 Å². The largest absolute Gasteiger partial charge is 0.399 e. The van der Waals surface area contributed by atoms with Gasteiger partial charge in [0.1, 0.15) is 6.33 Å². The van der Waals surface area contributed by atoms with E-state index in [-0.39, 0.29) is 11.9 Å². The minimum atomic E-state index is -0.216. The van der Waals surface area contributed by atoms with Crippen LogP contribution in [0.15, 0.2) is 30.6 Å². The zero-order chi connectivity index (χ0) is 13.1. The number of anilines is 1. The Morgan fingerprint density at radius 2 is 2.28 bits per heavy atom. The van der Waals surface area contributed by atoms with Crippen molar-refractivity contribution in [1.29, 1.82) is 0 Å². The number of nitrogens with two attached hydrogens (primary N) is 1. The lowest BCUT2D eigenvalue weighted by molar-refractivity contribution is 0.0938. The number of nitrogens with zero attached hydrogens (tertiary/aromatic N) is 3. The number of nitrogens with one attached hydrogen (secondary N) is 1. The van der Waals surface area contributed by atoms with E-state index in [4.69, 9.17) is 5.73 Å². The van der Waals surface area contributed by atoms with Crippen LogP contribution in [0.2, 0.25) is 0 Å². The zero-order valence-corrected chi connectivity index (χ0v) is 10.3. The van der Waals surface area contributed by atoms with E-state index >= 15 is 0 Å². The smallest absolute Gasteiger partial charge is 0.251 e. The Morgan fingerprint density at radius 1 is 1.50 bits per heavy atom. The second-order valence-electron chi connectivity index (χ2n) is 4.12. The third-order valence-electron chi connectivity index (χ3n) is 2.63. The summed E-state index contributed by atoms with van der Waals surface area (Å²) in [6.07, 6.45) is 1.60. The van der Waals surface area contributed by atoms with Gasteiger partial charge in [-0.25, -0.2) is 0 Å². The van der Waals surface area contributed by atoms with Gasteiger partial charge in [0, 0.05) is 18.3 Å². The van der Waals surface area contributed by atoms with Crippen LogP contribution in [0.4, 0.5) is 5.69 Å². The summed E-state index contributed by atoms with van der Waals surface area (Å²) in [5.41, 5.74) is 6.73. The summed E-state index contributed by atoms with van der Waals surface area (Å²) in [5.74, 6) is 0.519. The fraction of sp³-hybridized carbons (Fsp3) is 0.250. The van der Waals surface area contributed by atoms with Gasteiger partial charge < -0.3 is 15.6 Å². The van der Waals surface area contributed by atoms with Crippen LogP contribution in [0.5, 0.6) is 0 Å². The molecule has 0 fully saturated rings. The number of hydrogen-bond donors (Lipinski definition) is 2. The highest BCUT2D eigenvalue weighted by Crippen LogP contribution is 2.11. The number of carbonyl (C=O) groups is 1. The van der Waals surface area contributed by atoms with E-state index in [9.17, 15) is 4.79 Å². The van der Waals surface area contributed by atoms with Crippen LogP contribution in [-0.2, 0) is 7.05 Å². The maximum atomic E-state index is 12.0. The topological polar surface area (TPSA) is 85.8 Å². The van der Waals surface area contributed by atoms with Crippen LogP contribution in [0.1, 0.15) is 29.1 Å². The van der Waals surface area contributed by atoms with Crippen molar-refractivity contribution in [2.24, 2.45) is 7.05 Å². The maximum Gasteiger partial charge on any atom is 0.251 e. The molecule has 0 spiro atoms. The zero-order valence-electron chi connectivity index (χ0n) is 10.3. The van der Waals surface area contributed by atoms with E-state index in [0.717, 1.165) is 0 Å². The summed E-state index contributed by atoms with van der Waals surface area (Å²) >= 11 is 0. The molecule has 94 valence electrons. The molecule has 18 heavy (non-hydrogen) atoms. The predicted octanol–water partition coefficient (Wildman–Crippen LogP) is 0.888. The number of hydrogen-bond acceptors (Lipinski definition) is 4. The average Bonchev–Trinajstić information content (AvgIpc) is 2.75.